The molecule has 1 unspecified atom stereocenters. The van der Waals surface area contributed by atoms with Gasteiger partial charge in [0.05, 0.1) is 11.6 Å². The molecule has 1 N–H and O–H groups in total. The smallest absolute Gasteiger partial charge is 0.295 e. The highest BCUT2D eigenvalue weighted by molar-refractivity contribution is 6.46. The maximum Gasteiger partial charge on any atom is 0.295 e. The minimum atomic E-state index is -0.826. The zero-order chi connectivity index (χ0) is 25.8. The van der Waals surface area contributed by atoms with Gasteiger partial charge in [-0.05, 0) is 53.1 Å². The third kappa shape index (κ3) is 5.14. The first-order valence-electron chi connectivity index (χ1n) is 11.9. The molecule has 1 aliphatic rings. The van der Waals surface area contributed by atoms with Gasteiger partial charge in [0.25, 0.3) is 11.7 Å². The van der Waals surface area contributed by atoms with Gasteiger partial charge in [0.15, 0.2) is 0 Å². The first-order valence-corrected chi connectivity index (χ1v) is 11.9. The molecule has 0 saturated carbocycles. The molecule has 0 spiro atoms. The van der Waals surface area contributed by atoms with Crippen LogP contribution in [0.25, 0.3) is 5.76 Å². The van der Waals surface area contributed by atoms with E-state index in [0.29, 0.717) is 17.9 Å². The van der Waals surface area contributed by atoms with Crippen molar-refractivity contribution < 1.29 is 23.8 Å². The summed E-state index contributed by atoms with van der Waals surface area (Å²) in [6.07, 6.45) is 0. The van der Waals surface area contributed by atoms with E-state index in [0.717, 1.165) is 11.1 Å². The highest BCUT2D eigenvalue weighted by Gasteiger charge is 2.46. The van der Waals surface area contributed by atoms with Crippen LogP contribution >= 0.6 is 0 Å². The second-order valence-electron chi connectivity index (χ2n) is 8.76. The van der Waals surface area contributed by atoms with Crippen LogP contribution < -0.4 is 4.74 Å². The Morgan fingerprint density at radius 1 is 0.784 bits per heavy atom. The normalized spacial score (nSPS) is 16.7. The SMILES string of the molecule is O=C1C(=O)N(Cc2ccccc2)C(c2ccc(OCc3ccccc3)cc2)/C1=C(\O)c1ccc(F)cc1. The van der Waals surface area contributed by atoms with Gasteiger partial charge in [-0.2, -0.15) is 0 Å². The van der Waals surface area contributed by atoms with Crippen molar-refractivity contribution in [1.29, 1.82) is 0 Å². The Hall–Kier alpha value is -4.71. The van der Waals surface area contributed by atoms with Gasteiger partial charge in [-0.15, -0.1) is 0 Å². The van der Waals surface area contributed by atoms with E-state index in [1.165, 1.54) is 29.2 Å². The number of amides is 1. The highest BCUT2D eigenvalue weighted by Crippen LogP contribution is 2.40. The number of hydrogen-bond donors (Lipinski definition) is 1. The maximum atomic E-state index is 13.5. The van der Waals surface area contributed by atoms with Crippen molar-refractivity contribution >= 4 is 17.4 Å². The van der Waals surface area contributed by atoms with E-state index < -0.39 is 23.5 Å². The van der Waals surface area contributed by atoms with E-state index in [4.69, 9.17) is 4.74 Å². The Balaban J connectivity index is 1.51. The van der Waals surface area contributed by atoms with Gasteiger partial charge in [0, 0.05) is 12.1 Å². The molecule has 0 aliphatic carbocycles. The molecule has 1 fully saturated rings. The number of likely N-dealkylation sites (tertiary alicyclic amines) is 1. The minimum Gasteiger partial charge on any atom is -0.507 e. The number of Topliss-reactive ketones (excluding diaryl/α,β-unsaturated/α-hetero) is 1. The summed E-state index contributed by atoms with van der Waals surface area (Å²) in [7, 11) is 0. The Labute approximate surface area is 214 Å². The lowest BCUT2D eigenvalue weighted by molar-refractivity contribution is -0.140. The van der Waals surface area contributed by atoms with Crippen LogP contribution in [0.3, 0.4) is 0 Å². The van der Waals surface area contributed by atoms with Crippen LogP contribution in [-0.4, -0.2) is 21.7 Å². The summed E-state index contributed by atoms with van der Waals surface area (Å²) < 4.78 is 19.4. The molecule has 5 nitrogen and oxygen atoms in total. The van der Waals surface area contributed by atoms with Crippen LogP contribution in [-0.2, 0) is 22.7 Å². The lowest BCUT2D eigenvalue weighted by Gasteiger charge is -2.25. The zero-order valence-electron chi connectivity index (χ0n) is 19.9. The number of hydrogen-bond acceptors (Lipinski definition) is 4. The minimum absolute atomic E-state index is 0.0366. The highest BCUT2D eigenvalue weighted by atomic mass is 19.1. The van der Waals surface area contributed by atoms with Gasteiger partial charge in [-0.25, -0.2) is 4.39 Å². The van der Waals surface area contributed by atoms with Gasteiger partial charge in [-0.1, -0.05) is 72.8 Å². The van der Waals surface area contributed by atoms with Crippen molar-refractivity contribution in [2.45, 2.75) is 19.2 Å². The summed E-state index contributed by atoms with van der Waals surface area (Å²) >= 11 is 0. The fourth-order valence-electron chi connectivity index (χ4n) is 4.42. The van der Waals surface area contributed by atoms with Crippen LogP contribution in [0, 0.1) is 5.82 Å². The number of halogens is 1. The van der Waals surface area contributed by atoms with Crippen LogP contribution in [0.2, 0.25) is 0 Å². The fraction of sp³-hybridized carbons (Fsp3) is 0.0968. The van der Waals surface area contributed by atoms with E-state index in [1.807, 2.05) is 60.7 Å². The number of carbonyl (C=O) groups excluding carboxylic acids is 2. The molecule has 0 radical (unpaired) electrons. The number of nitrogens with zero attached hydrogens (tertiary/aromatic N) is 1. The average Bonchev–Trinajstić information content (AvgIpc) is 3.18. The van der Waals surface area contributed by atoms with E-state index in [9.17, 15) is 19.1 Å². The van der Waals surface area contributed by atoms with Crippen molar-refractivity contribution in [3.8, 4) is 5.75 Å². The summed E-state index contributed by atoms with van der Waals surface area (Å²) in [6.45, 7) is 0.583. The molecule has 5 rings (SSSR count). The molecular formula is C31H24FNO4. The maximum absolute atomic E-state index is 13.5. The van der Waals surface area contributed by atoms with E-state index >= 15 is 0 Å². The molecule has 4 aromatic carbocycles. The molecule has 37 heavy (non-hydrogen) atoms. The number of aliphatic hydroxyl groups excluding tert-OH is 1. The van der Waals surface area contributed by atoms with Crippen LogP contribution in [0.15, 0.2) is 115 Å². The van der Waals surface area contributed by atoms with Gasteiger partial charge in [-0.3, -0.25) is 9.59 Å². The number of rotatable bonds is 7. The van der Waals surface area contributed by atoms with E-state index in [1.54, 1.807) is 24.3 Å². The van der Waals surface area contributed by atoms with E-state index in [2.05, 4.69) is 0 Å². The molecule has 1 atom stereocenters. The lowest BCUT2D eigenvalue weighted by Crippen LogP contribution is -2.29. The Bertz CT molecular complexity index is 1430. The molecule has 0 bridgehead atoms. The predicted molar refractivity (Wildman–Crippen MR) is 138 cm³/mol. The van der Waals surface area contributed by atoms with Crippen molar-refractivity contribution in [1.82, 2.24) is 4.90 Å². The summed E-state index contributed by atoms with van der Waals surface area (Å²) in [4.78, 5) is 27.8. The van der Waals surface area contributed by atoms with Crippen molar-refractivity contribution in [2.75, 3.05) is 0 Å². The molecular weight excluding hydrogens is 469 g/mol. The van der Waals surface area contributed by atoms with Gasteiger partial charge in [0.1, 0.15) is 23.9 Å². The Morgan fingerprint density at radius 2 is 1.38 bits per heavy atom. The Morgan fingerprint density at radius 3 is 2.00 bits per heavy atom. The lowest BCUT2D eigenvalue weighted by atomic mass is 9.95. The number of carbonyl (C=O) groups is 2. The monoisotopic (exact) mass is 493 g/mol. The zero-order valence-corrected chi connectivity index (χ0v) is 19.9. The first kappa shape index (κ1) is 24.0. The molecule has 184 valence electrons. The summed E-state index contributed by atoms with van der Waals surface area (Å²) in [5.41, 5.74) is 2.74. The summed E-state index contributed by atoms with van der Waals surface area (Å²) in [6, 6.07) is 30.6. The van der Waals surface area contributed by atoms with Crippen LogP contribution in [0.4, 0.5) is 4.39 Å². The van der Waals surface area contributed by atoms with Crippen molar-refractivity contribution in [2.24, 2.45) is 0 Å². The average molecular weight is 494 g/mol. The standard InChI is InChI=1S/C31H24FNO4/c32-25-15-11-24(12-16-25)29(34)27-28(33(31(36)30(27)35)19-21-7-3-1-4-8-21)23-13-17-26(18-14-23)37-20-22-9-5-2-6-10-22/h1-18,28,34H,19-20H2/b29-27+. The number of ether oxygens (including phenoxy) is 1. The van der Waals surface area contributed by atoms with Crippen molar-refractivity contribution in [3.63, 3.8) is 0 Å². The summed E-state index contributed by atoms with van der Waals surface area (Å²) in [5, 5.41) is 11.1. The number of ketones is 1. The molecule has 0 aromatic heterocycles. The molecule has 1 amide bonds. The quantitative estimate of drug-likeness (QED) is 0.194. The Kier molecular flexibility index (Phi) is 6.81. The summed E-state index contributed by atoms with van der Waals surface area (Å²) in [5.74, 6) is -1.67. The second kappa shape index (κ2) is 10.5. The topological polar surface area (TPSA) is 66.8 Å². The largest absolute Gasteiger partial charge is 0.507 e. The van der Waals surface area contributed by atoms with Crippen molar-refractivity contribution in [3.05, 3.63) is 143 Å². The third-order valence-corrected chi connectivity index (χ3v) is 6.30. The third-order valence-electron chi connectivity index (χ3n) is 6.30. The van der Waals surface area contributed by atoms with Crippen LogP contribution in [0.5, 0.6) is 5.75 Å². The van der Waals surface area contributed by atoms with Gasteiger partial charge >= 0.3 is 0 Å². The molecule has 1 heterocycles. The van der Waals surface area contributed by atoms with Gasteiger partial charge < -0.3 is 14.7 Å². The predicted octanol–water partition coefficient (Wildman–Crippen LogP) is 6.03. The molecule has 6 heteroatoms. The second-order valence-corrected chi connectivity index (χ2v) is 8.76. The molecule has 1 saturated heterocycles. The van der Waals surface area contributed by atoms with Crippen LogP contribution in [0.1, 0.15) is 28.3 Å². The number of benzene rings is 4. The van der Waals surface area contributed by atoms with Gasteiger partial charge in [0.2, 0.25) is 0 Å². The molecule has 1 aliphatic heterocycles. The number of aliphatic hydroxyl groups is 1. The first-order chi connectivity index (χ1) is 18.0. The fourth-order valence-corrected chi connectivity index (χ4v) is 4.42. The van der Waals surface area contributed by atoms with E-state index in [-0.39, 0.29) is 23.4 Å². The molecule has 4 aromatic rings.